The lowest BCUT2D eigenvalue weighted by molar-refractivity contribution is 1.01. The average Bonchev–Trinajstić information content (AvgIpc) is 2.45. The van der Waals surface area contributed by atoms with Gasteiger partial charge in [0.2, 0.25) is 0 Å². The number of allylic oxidation sites excluding steroid dienone is 1. The van der Waals surface area contributed by atoms with E-state index in [0.717, 1.165) is 12.5 Å². The van der Waals surface area contributed by atoms with Gasteiger partial charge in [-0.3, -0.25) is 0 Å². The molecule has 2 N–H and O–H groups in total. The summed E-state index contributed by atoms with van der Waals surface area (Å²) in [6.07, 6.45) is 1.29. The van der Waals surface area contributed by atoms with Gasteiger partial charge >= 0.3 is 0 Å². The Morgan fingerprint density at radius 2 is 2.38 bits per heavy atom. The van der Waals surface area contributed by atoms with Gasteiger partial charge in [0.15, 0.2) is 0 Å². The highest BCUT2D eigenvalue weighted by Gasteiger charge is 2.25. The molecule has 0 aromatic carbocycles. The van der Waals surface area contributed by atoms with Gasteiger partial charge in [-0.05, 0) is 19.3 Å². The summed E-state index contributed by atoms with van der Waals surface area (Å²) in [5.74, 6) is 0.846. The van der Waals surface area contributed by atoms with Gasteiger partial charge in [-0.2, -0.15) is 0 Å². The molecule has 0 spiro atoms. The average molecular weight is 111 g/mol. The predicted molar refractivity (Wildman–Crippen MR) is 35.5 cm³/mol. The van der Waals surface area contributed by atoms with Gasteiger partial charge in [0.05, 0.1) is 0 Å². The molecule has 0 aromatic rings. The van der Waals surface area contributed by atoms with E-state index < -0.39 is 0 Å². The van der Waals surface area contributed by atoms with Crippen LogP contribution < -0.4 is 5.73 Å². The number of nitrogens with two attached hydrogens (primary N) is 1. The predicted octanol–water partition coefficient (Wildman–Crippen LogP) is 1.30. The summed E-state index contributed by atoms with van der Waals surface area (Å²) < 4.78 is 0. The SMILES string of the molecule is CC(CN)=C1CC1C. The Labute approximate surface area is 50.6 Å². The molecule has 0 radical (unpaired) electrons. The zero-order chi connectivity index (χ0) is 6.15. The van der Waals surface area contributed by atoms with Crippen LogP contribution in [-0.2, 0) is 0 Å². The maximum absolute atomic E-state index is 5.42. The fourth-order valence-electron chi connectivity index (χ4n) is 0.997. The van der Waals surface area contributed by atoms with Crippen LogP contribution in [0, 0.1) is 5.92 Å². The molecule has 0 aliphatic heterocycles. The normalized spacial score (nSPS) is 32.6. The summed E-state index contributed by atoms with van der Waals surface area (Å²) in [4.78, 5) is 0. The molecule has 1 aliphatic carbocycles. The van der Waals surface area contributed by atoms with E-state index in [4.69, 9.17) is 5.73 Å². The summed E-state index contributed by atoms with van der Waals surface area (Å²) in [5, 5.41) is 0. The highest BCUT2D eigenvalue weighted by Crippen LogP contribution is 2.38. The van der Waals surface area contributed by atoms with Gasteiger partial charge in [-0.15, -0.1) is 0 Å². The zero-order valence-electron chi connectivity index (χ0n) is 5.57. The second-order valence-electron chi connectivity index (χ2n) is 2.61. The summed E-state index contributed by atoms with van der Waals surface area (Å²) in [6.45, 7) is 5.12. The van der Waals surface area contributed by atoms with Crippen molar-refractivity contribution in [3.8, 4) is 0 Å². The molecule has 1 atom stereocenters. The first-order valence-corrected chi connectivity index (χ1v) is 3.14. The Balaban J connectivity index is 2.53. The molecule has 1 fully saturated rings. The van der Waals surface area contributed by atoms with Crippen LogP contribution >= 0.6 is 0 Å². The van der Waals surface area contributed by atoms with Crippen molar-refractivity contribution in [2.75, 3.05) is 6.54 Å². The molecule has 1 unspecified atom stereocenters. The minimum atomic E-state index is 0.750. The van der Waals surface area contributed by atoms with Gasteiger partial charge in [-0.1, -0.05) is 18.1 Å². The molecule has 1 aliphatic rings. The molecule has 8 heavy (non-hydrogen) atoms. The van der Waals surface area contributed by atoms with E-state index in [0.29, 0.717) is 0 Å². The van der Waals surface area contributed by atoms with Gasteiger partial charge in [0.1, 0.15) is 0 Å². The van der Waals surface area contributed by atoms with E-state index in [2.05, 4.69) is 13.8 Å². The first-order valence-electron chi connectivity index (χ1n) is 3.14. The minimum Gasteiger partial charge on any atom is -0.327 e. The third-order valence-electron chi connectivity index (χ3n) is 1.82. The van der Waals surface area contributed by atoms with E-state index in [1.54, 1.807) is 5.57 Å². The third kappa shape index (κ3) is 0.920. The molecule has 1 heteroatoms. The van der Waals surface area contributed by atoms with Crippen LogP contribution in [0.3, 0.4) is 0 Å². The second kappa shape index (κ2) is 1.90. The van der Waals surface area contributed by atoms with Crippen LogP contribution in [-0.4, -0.2) is 6.54 Å². The molecule has 0 saturated heterocycles. The first kappa shape index (κ1) is 5.83. The lowest BCUT2D eigenvalue weighted by Crippen LogP contribution is -1.99. The number of hydrogen-bond acceptors (Lipinski definition) is 1. The molecule has 1 rings (SSSR count). The van der Waals surface area contributed by atoms with E-state index in [9.17, 15) is 0 Å². The monoisotopic (exact) mass is 111 g/mol. The molecule has 1 saturated carbocycles. The van der Waals surface area contributed by atoms with Crippen molar-refractivity contribution in [1.29, 1.82) is 0 Å². The Hall–Kier alpha value is -0.300. The Morgan fingerprint density at radius 1 is 1.88 bits per heavy atom. The van der Waals surface area contributed by atoms with Crippen LogP contribution in [0.4, 0.5) is 0 Å². The summed E-state index contributed by atoms with van der Waals surface area (Å²) >= 11 is 0. The molecule has 46 valence electrons. The van der Waals surface area contributed by atoms with Crippen molar-refractivity contribution in [2.45, 2.75) is 20.3 Å². The van der Waals surface area contributed by atoms with Gasteiger partial charge in [0.25, 0.3) is 0 Å². The molecular weight excluding hydrogens is 98.1 g/mol. The van der Waals surface area contributed by atoms with Crippen LogP contribution in [0.25, 0.3) is 0 Å². The van der Waals surface area contributed by atoms with Crippen LogP contribution in [0.15, 0.2) is 11.1 Å². The summed E-state index contributed by atoms with van der Waals surface area (Å²) in [6, 6.07) is 0. The lowest BCUT2D eigenvalue weighted by atomic mass is 10.2. The first-order chi connectivity index (χ1) is 3.75. The van der Waals surface area contributed by atoms with Crippen molar-refractivity contribution < 1.29 is 0 Å². The standard InChI is InChI=1S/C7H13N/c1-5-3-7(5)6(2)4-8/h5H,3-4,8H2,1-2H3. The van der Waals surface area contributed by atoms with E-state index in [1.807, 2.05) is 0 Å². The Morgan fingerprint density at radius 3 is 2.50 bits per heavy atom. The van der Waals surface area contributed by atoms with Crippen molar-refractivity contribution >= 4 is 0 Å². The molecule has 0 heterocycles. The Kier molecular flexibility index (Phi) is 1.39. The summed E-state index contributed by atoms with van der Waals surface area (Å²) in [7, 11) is 0. The van der Waals surface area contributed by atoms with E-state index in [-0.39, 0.29) is 0 Å². The molecule has 0 bridgehead atoms. The fraction of sp³-hybridized carbons (Fsp3) is 0.714. The molecule has 1 nitrogen and oxygen atoms in total. The number of hydrogen-bond donors (Lipinski definition) is 1. The number of rotatable bonds is 1. The van der Waals surface area contributed by atoms with Crippen molar-refractivity contribution in [2.24, 2.45) is 11.7 Å². The Bertz CT molecular complexity index is 120. The fourth-order valence-corrected chi connectivity index (χ4v) is 0.997. The van der Waals surface area contributed by atoms with Crippen LogP contribution in [0.2, 0.25) is 0 Å². The smallest absolute Gasteiger partial charge is 0.0136 e. The highest BCUT2D eigenvalue weighted by atomic mass is 14.5. The maximum atomic E-state index is 5.42. The lowest BCUT2D eigenvalue weighted by Gasteiger charge is -1.89. The van der Waals surface area contributed by atoms with E-state index >= 15 is 0 Å². The quantitative estimate of drug-likeness (QED) is 0.507. The topological polar surface area (TPSA) is 26.0 Å². The van der Waals surface area contributed by atoms with Gasteiger partial charge < -0.3 is 5.73 Å². The molecule has 0 amide bonds. The van der Waals surface area contributed by atoms with Crippen LogP contribution in [0.5, 0.6) is 0 Å². The molecular formula is C7H13N. The summed E-state index contributed by atoms with van der Waals surface area (Å²) in [5.41, 5.74) is 8.41. The maximum Gasteiger partial charge on any atom is 0.0136 e. The zero-order valence-corrected chi connectivity index (χ0v) is 5.57. The molecule has 0 aromatic heterocycles. The largest absolute Gasteiger partial charge is 0.327 e. The van der Waals surface area contributed by atoms with Crippen molar-refractivity contribution in [1.82, 2.24) is 0 Å². The van der Waals surface area contributed by atoms with E-state index in [1.165, 1.54) is 12.0 Å². The second-order valence-corrected chi connectivity index (χ2v) is 2.61. The highest BCUT2D eigenvalue weighted by molar-refractivity contribution is 5.28. The van der Waals surface area contributed by atoms with Crippen molar-refractivity contribution in [3.05, 3.63) is 11.1 Å². The van der Waals surface area contributed by atoms with Crippen LogP contribution in [0.1, 0.15) is 20.3 Å². The minimum absolute atomic E-state index is 0.750. The van der Waals surface area contributed by atoms with Gasteiger partial charge in [-0.25, -0.2) is 0 Å². The van der Waals surface area contributed by atoms with Crippen molar-refractivity contribution in [3.63, 3.8) is 0 Å². The third-order valence-corrected chi connectivity index (χ3v) is 1.82. The van der Waals surface area contributed by atoms with Gasteiger partial charge in [0, 0.05) is 6.54 Å².